The fourth-order valence-electron chi connectivity index (χ4n) is 6.01. The predicted molar refractivity (Wildman–Crippen MR) is 166 cm³/mol. The Bertz CT molecular complexity index is 1960. The lowest BCUT2D eigenvalue weighted by Crippen LogP contribution is -2.00. The van der Waals surface area contributed by atoms with Gasteiger partial charge in [0.2, 0.25) is 0 Å². The second kappa shape index (κ2) is 8.62. The van der Waals surface area contributed by atoms with E-state index in [1.54, 1.807) is 6.20 Å². The number of para-hydroxylation sites is 4. The zero-order chi connectivity index (χ0) is 25.9. The van der Waals surface area contributed by atoms with Gasteiger partial charge in [0, 0.05) is 55.8 Å². The van der Waals surface area contributed by atoms with Gasteiger partial charge in [0.15, 0.2) is 0 Å². The molecule has 0 aliphatic rings. The molecule has 0 bridgehead atoms. The van der Waals surface area contributed by atoms with E-state index in [1.165, 1.54) is 43.6 Å². The largest absolute Gasteiger partial charge is 0.309 e. The van der Waals surface area contributed by atoms with Crippen LogP contribution in [0.1, 0.15) is 0 Å². The molecular weight excluding hydrogens is 494 g/mol. The highest BCUT2D eigenvalue weighted by atomic mass is 32.1. The van der Waals surface area contributed by atoms with Crippen LogP contribution in [0.15, 0.2) is 139 Å². The Hall–Kier alpha value is -4.80. The van der Waals surface area contributed by atoms with Gasteiger partial charge in [-0.25, -0.2) is 0 Å². The van der Waals surface area contributed by atoms with Crippen molar-refractivity contribution in [1.82, 2.24) is 14.1 Å². The number of fused-ring (bicyclic) bond motifs is 6. The van der Waals surface area contributed by atoms with Gasteiger partial charge in [-0.3, -0.25) is 4.98 Å². The highest BCUT2D eigenvalue weighted by molar-refractivity contribution is 7.80. The van der Waals surface area contributed by atoms with Crippen molar-refractivity contribution < 1.29 is 0 Å². The maximum atomic E-state index is 4.60. The molecule has 0 spiro atoms. The summed E-state index contributed by atoms with van der Waals surface area (Å²) in [6, 6.07) is 43.5. The van der Waals surface area contributed by atoms with Crippen LogP contribution in [-0.4, -0.2) is 14.1 Å². The Morgan fingerprint density at radius 3 is 1.26 bits per heavy atom. The van der Waals surface area contributed by atoms with Crippen molar-refractivity contribution in [3.05, 3.63) is 134 Å². The lowest BCUT2D eigenvalue weighted by Gasteiger charge is -2.16. The first-order chi connectivity index (χ1) is 19.3. The highest BCUT2D eigenvalue weighted by Crippen LogP contribution is 2.37. The molecule has 0 atom stereocenters. The molecule has 8 aromatic rings. The fourth-order valence-corrected chi connectivity index (χ4v) is 6.21. The van der Waals surface area contributed by atoms with E-state index in [1.807, 2.05) is 6.20 Å². The van der Waals surface area contributed by atoms with E-state index < -0.39 is 0 Å². The van der Waals surface area contributed by atoms with Gasteiger partial charge >= 0.3 is 0 Å². The van der Waals surface area contributed by atoms with E-state index in [2.05, 4.69) is 148 Å². The second-order valence-corrected chi connectivity index (χ2v) is 10.4. The van der Waals surface area contributed by atoms with Crippen molar-refractivity contribution in [2.75, 3.05) is 0 Å². The Morgan fingerprint density at radius 1 is 0.436 bits per heavy atom. The van der Waals surface area contributed by atoms with E-state index in [0.717, 1.165) is 27.4 Å². The normalized spacial score (nSPS) is 11.7. The average molecular weight is 518 g/mol. The zero-order valence-corrected chi connectivity index (χ0v) is 21.9. The number of benzene rings is 5. The Morgan fingerprint density at radius 2 is 0.846 bits per heavy atom. The average Bonchev–Trinajstić information content (AvgIpc) is 3.50. The van der Waals surface area contributed by atoms with E-state index in [9.17, 15) is 0 Å². The zero-order valence-electron chi connectivity index (χ0n) is 21.0. The number of thiol groups is 1. The standard InChI is InChI=1S/C35H23N3S/c39-27-19-24(21-36-22-27)23-17-25(37-32-13-5-1-9-28(32)29-10-2-6-14-33(29)37)20-26(18-23)38-34-15-7-3-11-30(34)31-12-4-8-16-35(31)38/h1-22,39H. The van der Waals surface area contributed by atoms with Gasteiger partial charge in [0.25, 0.3) is 0 Å². The SMILES string of the molecule is Sc1cncc(-c2cc(-n3c4ccccc4c4ccccc43)cc(-n3c4ccccc4c4ccccc43)c2)c1. The summed E-state index contributed by atoms with van der Waals surface area (Å²) in [5.41, 5.74) is 9.07. The fraction of sp³-hybridized carbons (Fsp3) is 0. The quantitative estimate of drug-likeness (QED) is 0.232. The summed E-state index contributed by atoms with van der Waals surface area (Å²) in [4.78, 5) is 5.30. The number of nitrogens with zero attached hydrogens (tertiary/aromatic N) is 3. The molecule has 5 aromatic carbocycles. The lowest BCUT2D eigenvalue weighted by atomic mass is 10.1. The Labute approximate surface area is 231 Å². The van der Waals surface area contributed by atoms with Crippen LogP contribution in [-0.2, 0) is 0 Å². The number of hydrogen-bond acceptors (Lipinski definition) is 2. The van der Waals surface area contributed by atoms with Gasteiger partial charge in [-0.05, 0) is 54.1 Å². The number of hydrogen-bond donors (Lipinski definition) is 1. The summed E-state index contributed by atoms with van der Waals surface area (Å²) in [6.07, 6.45) is 3.69. The Kier molecular flexibility index (Phi) is 4.91. The van der Waals surface area contributed by atoms with Gasteiger partial charge in [-0.2, -0.15) is 0 Å². The molecule has 0 amide bonds. The van der Waals surface area contributed by atoms with Crippen molar-refractivity contribution in [3.8, 4) is 22.5 Å². The molecule has 0 N–H and O–H groups in total. The summed E-state index contributed by atoms with van der Waals surface area (Å²) in [6.45, 7) is 0. The minimum atomic E-state index is 0.841. The summed E-state index contributed by atoms with van der Waals surface area (Å²) in [7, 11) is 0. The third-order valence-electron chi connectivity index (χ3n) is 7.64. The highest BCUT2D eigenvalue weighted by Gasteiger charge is 2.17. The maximum Gasteiger partial charge on any atom is 0.0541 e. The van der Waals surface area contributed by atoms with Crippen LogP contribution in [0.25, 0.3) is 66.1 Å². The van der Waals surface area contributed by atoms with Crippen LogP contribution in [0, 0.1) is 0 Å². The van der Waals surface area contributed by atoms with E-state index in [0.29, 0.717) is 0 Å². The van der Waals surface area contributed by atoms with Crippen molar-refractivity contribution in [3.63, 3.8) is 0 Å². The van der Waals surface area contributed by atoms with Gasteiger partial charge in [-0.1, -0.05) is 72.8 Å². The first-order valence-electron chi connectivity index (χ1n) is 13.0. The van der Waals surface area contributed by atoms with Crippen molar-refractivity contribution in [1.29, 1.82) is 0 Å². The molecule has 0 aliphatic heterocycles. The van der Waals surface area contributed by atoms with Gasteiger partial charge < -0.3 is 9.13 Å². The minimum Gasteiger partial charge on any atom is -0.309 e. The number of pyridine rings is 1. The van der Waals surface area contributed by atoms with Gasteiger partial charge in [0.1, 0.15) is 0 Å². The molecule has 184 valence electrons. The summed E-state index contributed by atoms with van der Waals surface area (Å²) in [5.74, 6) is 0. The number of rotatable bonds is 3. The molecule has 4 heteroatoms. The number of aromatic nitrogens is 3. The molecule has 0 radical (unpaired) electrons. The molecule has 3 heterocycles. The van der Waals surface area contributed by atoms with Crippen LogP contribution in [0.4, 0.5) is 0 Å². The van der Waals surface area contributed by atoms with Gasteiger partial charge in [-0.15, -0.1) is 12.6 Å². The first-order valence-corrected chi connectivity index (χ1v) is 13.5. The van der Waals surface area contributed by atoms with E-state index in [4.69, 9.17) is 0 Å². The van der Waals surface area contributed by atoms with E-state index in [-0.39, 0.29) is 0 Å². The van der Waals surface area contributed by atoms with Crippen LogP contribution in [0.5, 0.6) is 0 Å². The summed E-state index contributed by atoms with van der Waals surface area (Å²) >= 11 is 4.60. The van der Waals surface area contributed by atoms with Gasteiger partial charge in [0.05, 0.1) is 22.1 Å². The third-order valence-corrected chi connectivity index (χ3v) is 7.88. The molecule has 0 unspecified atom stereocenters. The molecule has 0 aliphatic carbocycles. The van der Waals surface area contributed by atoms with Crippen molar-refractivity contribution in [2.24, 2.45) is 0 Å². The smallest absolute Gasteiger partial charge is 0.0541 e. The maximum absolute atomic E-state index is 4.60. The molecular formula is C35H23N3S. The molecule has 39 heavy (non-hydrogen) atoms. The minimum absolute atomic E-state index is 0.841. The third kappa shape index (κ3) is 3.42. The molecule has 8 rings (SSSR count). The van der Waals surface area contributed by atoms with Crippen LogP contribution in [0.2, 0.25) is 0 Å². The molecule has 3 nitrogen and oxygen atoms in total. The summed E-state index contributed by atoms with van der Waals surface area (Å²) < 4.78 is 4.76. The summed E-state index contributed by atoms with van der Waals surface area (Å²) in [5, 5.41) is 4.98. The topological polar surface area (TPSA) is 22.8 Å². The van der Waals surface area contributed by atoms with Crippen LogP contribution < -0.4 is 0 Å². The second-order valence-electron chi connectivity index (χ2n) is 9.91. The van der Waals surface area contributed by atoms with Crippen molar-refractivity contribution in [2.45, 2.75) is 4.90 Å². The van der Waals surface area contributed by atoms with E-state index >= 15 is 0 Å². The Balaban J connectivity index is 1.51. The lowest BCUT2D eigenvalue weighted by molar-refractivity contribution is 1.13. The molecule has 0 saturated heterocycles. The molecule has 3 aromatic heterocycles. The molecule has 0 fully saturated rings. The monoisotopic (exact) mass is 517 g/mol. The van der Waals surface area contributed by atoms with Crippen LogP contribution in [0.3, 0.4) is 0 Å². The van der Waals surface area contributed by atoms with Crippen molar-refractivity contribution >= 4 is 56.2 Å². The predicted octanol–water partition coefficient (Wildman–Crippen LogP) is 9.23. The molecule has 0 saturated carbocycles. The first kappa shape index (κ1) is 22.2. The van der Waals surface area contributed by atoms with Crippen LogP contribution >= 0.6 is 12.6 Å².